The van der Waals surface area contributed by atoms with Crippen molar-refractivity contribution in [3.05, 3.63) is 46.7 Å². The molecule has 0 spiro atoms. The zero-order valence-corrected chi connectivity index (χ0v) is 15.2. The third kappa shape index (κ3) is 4.82. The van der Waals surface area contributed by atoms with Gasteiger partial charge in [0.1, 0.15) is 0 Å². The number of ketones is 1. The van der Waals surface area contributed by atoms with Gasteiger partial charge in [-0.05, 0) is 37.0 Å². The Kier molecular flexibility index (Phi) is 6.07. The largest absolute Gasteiger partial charge is 0.502 e. The van der Waals surface area contributed by atoms with Gasteiger partial charge in [-0.3, -0.25) is 9.35 Å². The number of hydrogen-bond acceptors (Lipinski definition) is 5. The van der Waals surface area contributed by atoms with Crippen LogP contribution in [0.25, 0.3) is 0 Å². The number of halogens is 1. The second-order valence-corrected chi connectivity index (χ2v) is 8.05. The van der Waals surface area contributed by atoms with Crippen molar-refractivity contribution in [1.29, 1.82) is 0 Å². The fourth-order valence-corrected chi connectivity index (χ4v) is 3.95. The Labute approximate surface area is 155 Å². The first-order valence-corrected chi connectivity index (χ1v) is 9.46. The molecule has 1 heterocycles. The maximum absolute atomic E-state index is 12.7. The van der Waals surface area contributed by atoms with Crippen LogP contribution >= 0.6 is 11.6 Å². The molecule has 0 aromatic heterocycles. The number of allylic oxidation sites excluding steroid dienone is 1. The van der Waals surface area contributed by atoms with Gasteiger partial charge in [-0.15, -0.1) is 0 Å². The molecule has 1 saturated heterocycles. The summed E-state index contributed by atoms with van der Waals surface area (Å²) in [4.78, 5) is 23.6. The topological polar surface area (TPSA) is 132 Å². The molecule has 0 radical (unpaired) electrons. The van der Waals surface area contributed by atoms with Gasteiger partial charge >= 0.3 is 16.3 Å². The quantitative estimate of drug-likeness (QED) is 0.375. The van der Waals surface area contributed by atoms with Crippen molar-refractivity contribution < 1.29 is 32.8 Å². The van der Waals surface area contributed by atoms with Gasteiger partial charge in [0.25, 0.3) is 0 Å². The SMILES string of the molecule is O=C(O)C(O)=CC(=O)C1(Cc2ccc(Cl)cc2)CCCN(S(=O)(=O)O)C1. The molecule has 0 saturated carbocycles. The smallest absolute Gasteiger partial charge is 0.371 e. The number of rotatable bonds is 6. The minimum Gasteiger partial charge on any atom is -0.502 e. The maximum atomic E-state index is 12.7. The lowest BCUT2D eigenvalue weighted by Gasteiger charge is -2.39. The highest BCUT2D eigenvalue weighted by molar-refractivity contribution is 7.83. The van der Waals surface area contributed by atoms with Gasteiger partial charge in [-0.2, -0.15) is 12.7 Å². The fraction of sp³-hybridized carbons (Fsp3) is 0.375. The Hall–Kier alpha value is -1.94. The second kappa shape index (κ2) is 7.75. The van der Waals surface area contributed by atoms with Crippen molar-refractivity contribution >= 4 is 33.7 Å². The van der Waals surface area contributed by atoms with E-state index >= 15 is 0 Å². The number of carbonyl (C=O) groups excluding carboxylic acids is 1. The highest BCUT2D eigenvalue weighted by Crippen LogP contribution is 2.36. The molecule has 1 fully saturated rings. The molecule has 1 unspecified atom stereocenters. The van der Waals surface area contributed by atoms with Crippen LogP contribution in [0, 0.1) is 5.41 Å². The van der Waals surface area contributed by atoms with Gasteiger partial charge in [-0.25, -0.2) is 4.79 Å². The van der Waals surface area contributed by atoms with Crippen LogP contribution in [-0.4, -0.2) is 52.3 Å². The minimum absolute atomic E-state index is 0.0448. The first-order chi connectivity index (χ1) is 12.0. The van der Waals surface area contributed by atoms with E-state index in [4.69, 9.17) is 16.7 Å². The zero-order chi connectivity index (χ0) is 19.5. The molecule has 8 nitrogen and oxygen atoms in total. The van der Waals surface area contributed by atoms with E-state index in [2.05, 4.69) is 0 Å². The number of aliphatic carboxylic acids is 1. The molecule has 0 amide bonds. The molecule has 0 bridgehead atoms. The standard InChI is InChI=1S/C16H18ClNO7S/c17-12-4-2-11(3-5-12)9-16(14(20)8-13(19)15(21)22)6-1-7-18(10-16)26(23,24)25/h2-5,8,19H,1,6-7,9-10H2,(H,21,22)(H,23,24,25). The number of carboxylic acid groups (broad SMARTS) is 1. The lowest BCUT2D eigenvalue weighted by atomic mass is 9.72. The molecular weight excluding hydrogens is 386 g/mol. The van der Waals surface area contributed by atoms with E-state index in [1.54, 1.807) is 24.3 Å². The summed E-state index contributed by atoms with van der Waals surface area (Å²) in [6.45, 7) is -0.278. The van der Waals surface area contributed by atoms with Crippen molar-refractivity contribution in [3.63, 3.8) is 0 Å². The Balaban J connectivity index is 2.43. The summed E-state index contributed by atoms with van der Waals surface area (Å²) in [5.41, 5.74) is -0.631. The van der Waals surface area contributed by atoms with Crippen molar-refractivity contribution in [2.75, 3.05) is 13.1 Å². The minimum atomic E-state index is -4.51. The Bertz CT molecular complexity index is 835. The van der Waals surface area contributed by atoms with E-state index in [0.717, 1.165) is 4.31 Å². The molecule has 1 aliphatic rings. The van der Waals surface area contributed by atoms with Crippen molar-refractivity contribution in [3.8, 4) is 0 Å². The first kappa shape index (κ1) is 20.4. The van der Waals surface area contributed by atoms with Crippen LogP contribution in [0.2, 0.25) is 5.02 Å². The lowest BCUT2D eigenvalue weighted by molar-refractivity contribution is -0.136. The number of benzene rings is 1. The number of nitrogens with zero attached hydrogens (tertiary/aromatic N) is 1. The first-order valence-electron chi connectivity index (χ1n) is 7.69. The summed E-state index contributed by atoms with van der Waals surface area (Å²) < 4.78 is 33.1. The van der Waals surface area contributed by atoms with Crippen LogP contribution in [0.5, 0.6) is 0 Å². The Morgan fingerprint density at radius 3 is 2.38 bits per heavy atom. The van der Waals surface area contributed by atoms with Gasteiger partial charge in [0.05, 0.1) is 5.41 Å². The average Bonchev–Trinajstić information content (AvgIpc) is 2.56. The monoisotopic (exact) mass is 403 g/mol. The van der Waals surface area contributed by atoms with Gasteiger partial charge in [0, 0.05) is 24.2 Å². The van der Waals surface area contributed by atoms with Crippen molar-refractivity contribution in [2.45, 2.75) is 19.3 Å². The Morgan fingerprint density at radius 2 is 1.85 bits per heavy atom. The molecule has 1 aromatic carbocycles. The summed E-state index contributed by atoms with van der Waals surface area (Å²) in [6, 6.07) is 6.57. The predicted molar refractivity (Wildman–Crippen MR) is 93.3 cm³/mol. The van der Waals surface area contributed by atoms with Gasteiger partial charge < -0.3 is 10.2 Å². The van der Waals surface area contributed by atoms with Crippen molar-refractivity contribution in [2.24, 2.45) is 5.41 Å². The average molecular weight is 404 g/mol. The van der Waals surface area contributed by atoms with E-state index in [1.165, 1.54) is 0 Å². The summed E-state index contributed by atoms with van der Waals surface area (Å²) in [6.07, 6.45) is 1.24. The number of aliphatic hydroxyl groups excluding tert-OH is 1. The Morgan fingerprint density at radius 1 is 1.23 bits per heavy atom. The summed E-state index contributed by atoms with van der Waals surface area (Å²) in [5, 5.41) is 18.7. The number of carbonyl (C=O) groups is 2. The molecule has 1 aliphatic heterocycles. The molecule has 2 rings (SSSR count). The highest BCUT2D eigenvalue weighted by atomic mass is 35.5. The zero-order valence-electron chi connectivity index (χ0n) is 13.6. The normalized spacial score (nSPS) is 22.2. The molecule has 142 valence electrons. The van der Waals surface area contributed by atoms with Crippen LogP contribution in [0.1, 0.15) is 18.4 Å². The molecule has 0 aliphatic carbocycles. The van der Waals surface area contributed by atoms with Crippen LogP contribution in [0.15, 0.2) is 36.1 Å². The van der Waals surface area contributed by atoms with Crippen LogP contribution in [0.4, 0.5) is 0 Å². The molecule has 1 aromatic rings. The highest BCUT2D eigenvalue weighted by Gasteiger charge is 2.44. The number of aliphatic hydroxyl groups is 1. The van der Waals surface area contributed by atoms with Gasteiger partial charge in [0.2, 0.25) is 5.76 Å². The molecular formula is C16H18ClNO7S. The molecule has 26 heavy (non-hydrogen) atoms. The third-order valence-corrected chi connectivity index (χ3v) is 5.55. The van der Waals surface area contributed by atoms with E-state index in [9.17, 15) is 27.7 Å². The summed E-state index contributed by atoms with van der Waals surface area (Å²) in [7, 11) is -4.51. The van der Waals surface area contributed by atoms with E-state index in [0.29, 0.717) is 23.1 Å². The van der Waals surface area contributed by atoms with Crippen molar-refractivity contribution in [1.82, 2.24) is 4.31 Å². The van der Waals surface area contributed by atoms with E-state index in [-0.39, 0.29) is 25.9 Å². The lowest BCUT2D eigenvalue weighted by Crippen LogP contribution is -2.50. The van der Waals surface area contributed by atoms with E-state index in [1.807, 2.05) is 0 Å². The second-order valence-electron chi connectivity index (χ2n) is 6.20. The van der Waals surface area contributed by atoms with Gasteiger partial charge in [-0.1, -0.05) is 23.7 Å². The van der Waals surface area contributed by atoms with Crippen LogP contribution in [0.3, 0.4) is 0 Å². The predicted octanol–water partition coefficient (Wildman–Crippen LogP) is 1.86. The molecule has 10 heteroatoms. The number of carboxylic acids is 1. The van der Waals surface area contributed by atoms with E-state index < -0.39 is 33.2 Å². The molecule has 1 atom stereocenters. The maximum Gasteiger partial charge on any atom is 0.371 e. The fourth-order valence-electron chi connectivity index (χ4n) is 3.05. The van der Waals surface area contributed by atoms with Gasteiger partial charge in [0.15, 0.2) is 5.78 Å². The molecule has 3 N–H and O–H groups in total. The summed E-state index contributed by atoms with van der Waals surface area (Å²) >= 11 is 5.84. The number of piperidine rings is 1. The van der Waals surface area contributed by atoms with Crippen LogP contribution in [-0.2, 0) is 26.3 Å². The number of hydrogen-bond donors (Lipinski definition) is 3. The van der Waals surface area contributed by atoms with Crippen LogP contribution < -0.4 is 0 Å². The third-order valence-electron chi connectivity index (χ3n) is 4.33. The summed E-state index contributed by atoms with van der Waals surface area (Å²) in [5.74, 6) is -3.52.